The quantitative estimate of drug-likeness (QED) is 0.567. The number of nitrogens with two attached hydrogens (primary N) is 1. The minimum Gasteiger partial charge on any atom is -0.481 e. The lowest BCUT2D eigenvalue weighted by atomic mass is 9.99. The zero-order chi connectivity index (χ0) is 19.0. The van der Waals surface area contributed by atoms with Gasteiger partial charge in [-0.1, -0.05) is 13.0 Å². The number of anilines is 1. The van der Waals surface area contributed by atoms with Crippen LogP contribution in [-0.2, 0) is 25.5 Å². The SMILES string of the molecule is CCCN(CCOS(C)(=O)=O)c1ccc(C)c(C[C@@H](N)CC(=O)O)c1. The van der Waals surface area contributed by atoms with Crippen molar-refractivity contribution in [3.8, 4) is 0 Å². The number of nitrogens with zero attached hydrogens (tertiary/aromatic N) is 1. The number of hydrogen-bond acceptors (Lipinski definition) is 6. The van der Waals surface area contributed by atoms with Gasteiger partial charge in [0.25, 0.3) is 10.1 Å². The van der Waals surface area contributed by atoms with E-state index in [1.165, 1.54) is 0 Å². The Morgan fingerprint density at radius 1 is 1.36 bits per heavy atom. The van der Waals surface area contributed by atoms with Crippen molar-refractivity contribution in [1.82, 2.24) is 0 Å². The highest BCUT2D eigenvalue weighted by Crippen LogP contribution is 2.21. The average Bonchev–Trinajstić information content (AvgIpc) is 2.46. The minimum atomic E-state index is -3.46. The van der Waals surface area contributed by atoms with Crippen molar-refractivity contribution in [2.75, 3.05) is 30.9 Å². The molecule has 3 N–H and O–H groups in total. The topological polar surface area (TPSA) is 110 Å². The fraction of sp³-hybridized carbons (Fsp3) is 0.588. The van der Waals surface area contributed by atoms with Gasteiger partial charge in [-0.3, -0.25) is 8.98 Å². The summed E-state index contributed by atoms with van der Waals surface area (Å²) in [6, 6.07) is 5.49. The second kappa shape index (κ2) is 9.74. The monoisotopic (exact) mass is 372 g/mol. The molecule has 0 bridgehead atoms. The molecule has 25 heavy (non-hydrogen) atoms. The molecule has 0 aliphatic rings. The first-order valence-corrected chi connectivity index (χ1v) is 10.1. The van der Waals surface area contributed by atoms with Crippen LogP contribution >= 0.6 is 0 Å². The van der Waals surface area contributed by atoms with Crippen LogP contribution < -0.4 is 10.6 Å². The lowest BCUT2D eigenvalue weighted by molar-refractivity contribution is -0.137. The van der Waals surface area contributed by atoms with Gasteiger partial charge < -0.3 is 15.7 Å². The fourth-order valence-electron chi connectivity index (χ4n) is 2.59. The molecule has 0 aromatic heterocycles. The normalized spacial score (nSPS) is 12.8. The number of carbonyl (C=O) groups is 1. The van der Waals surface area contributed by atoms with Crippen molar-refractivity contribution in [2.24, 2.45) is 5.73 Å². The molecule has 7 nitrogen and oxygen atoms in total. The van der Waals surface area contributed by atoms with Gasteiger partial charge in [0.15, 0.2) is 0 Å². The first kappa shape index (κ1) is 21.4. The standard InChI is InChI=1S/C17H28N2O5S/c1-4-7-19(8-9-24-25(3,22)23)16-6-5-13(2)14(11-16)10-15(18)12-17(20)21/h5-6,11,15H,4,7-10,12,18H2,1-3H3,(H,20,21)/t15-/m1/s1. The average molecular weight is 372 g/mol. The molecule has 8 heteroatoms. The predicted molar refractivity (Wildman–Crippen MR) is 98.4 cm³/mol. The molecule has 1 aromatic carbocycles. The van der Waals surface area contributed by atoms with E-state index in [9.17, 15) is 13.2 Å². The van der Waals surface area contributed by atoms with E-state index in [0.717, 1.165) is 36.0 Å². The third kappa shape index (κ3) is 8.33. The highest BCUT2D eigenvalue weighted by atomic mass is 32.2. The van der Waals surface area contributed by atoms with Gasteiger partial charge in [-0.25, -0.2) is 0 Å². The van der Waals surface area contributed by atoms with Crippen LogP contribution in [0.5, 0.6) is 0 Å². The Hall–Kier alpha value is -1.64. The Labute approximate surface area is 149 Å². The smallest absolute Gasteiger partial charge is 0.304 e. The predicted octanol–water partition coefficient (Wildman–Crippen LogP) is 1.53. The van der Waals surface area contributed by atoms with Crippen LogP contribution in [0.25, 0.3) is 0 Å². The van der Waals surface area contributed by atoms with E-state index < -0.39 is 22.1 Å². The van der Waals surface area contributed by atoms with Gasteiger partial charge in [-0.15, -0.1) is 0 Å². The molecule has 0 unspecified atom stereocenters. The molecule has 1 atom stereocenters. The maximum atomic E-state index is 11.1. The largest absolute Gasteiger partial charge is 0.481 e. The zero-order valence-electron chi connectivity index (χ0n) is 15.1. The van der Waals surface area contributed by atoms with E-state index in [4.69, 9.17) is 15.0 Å². The zero-order valence-corrected chi connectivity index (χ0v) is 15.9. The summed E-state index contributed by atoms with van der Waals surface area (Å²) in [5.74, 6) is -0.910. The molecule has 0 saturated carbocycles. The van der Waals surface area contributed by atoms with Gasteiger partial charge in [-0.2, -0.15) is 8.42 Å². The Morgan fingerprint density at radius 3 is 2.60 bits per heavy atom. The van der Waals surface area contributed by atoms with Crippen LogP contribution in [-0.4, -0.2) is 51.5 Å². The fourth-order valence-corrected chi connectivity index (χ4v) is 2.97. The van der Waals surface area contributed by atoms with Crippen LogP contribution in [0.1, 0.15) is 30.9 Å². The molecule has 0 aliphatic heterocycles. The third-order valence-corrected chi connectivity index (χ3v) is 4.36. The Bertz CT molecular complexity index is 676. The molecule has 0 saturated heterocycles. The summed E-state index contributed by atoms with van der Waals surface area (Å²) in [4.78, 5) is 12.8. The van der Waals surface area contributed by atoms with E-state index in [0.29, 0.717) is 13.0 Å². The highest BCUT2D eigenvalue weighted by Gasteiger charge is 2.13. The summed E-state index contributed by atoms with van der Waals surface area (Å²) in [6.07, 6.45) is 2.34. The van der Waals surface area contributed by atoms with E-state index in [1.807, 2.05) is 32.0 Å². The van der Waals surface area contributed by atoms with Gasteiger partial charge in [0.2, 0.25) is 0 Å². The summed E-state index contributed by atoms with van der Waals surface area (Å²) in [6.45, 7) is 5.30. The van der Waals surface area contributed by atoms with Gasteiger partial charge in [0.05, 0.1) is 19.3 Å². The van der Waals surface area contributed by atoms with Gasteiger partial charge in [-0.05, 0) is 43.0 Å². The lowest BCUT2D eigenvalue weighted by Gasteiger charge is -2.25. The summed E-state index contributed by atoms with van der Waals surface area (Å²) in [5.41, 5.74) is 8.90. The van der Waals surface area contributed by atoms with Gasteiger partial charge in [0, 0.05) is 24.8 Å². The van der Waals surface area contributed by atoms with E-state index in [1.54, 1.807) is 0 Å². The molecule has 0 aliphatic carbocycles. The number of aliphatic carboxylic acids is 1. The van der Waals surface area contributed by atoms with E-state index in [2.05, 4.69) is 4.90 Å². The Morgan fingerprint density at radius 2 is 2.04 bits per heavy atom. The number of rotatable bonds is 11. The van der Waals surface area contributed by atoms with Crippen molar-refractivity contribution in [2.45, 2.75) is 39.2 Å². The molecule has 1 aromatic rings. The molecule has 142 valence electrons. The molecule has 0 fully saturated rings. The van der Waals surface area contributed by atoms with Crippen molar-refractivity contribution in [3.05, 3.63) is 29.3 Å². The first-order valence-electron chi connectivity index (χ1n) is 8.28. The van der Waals surface area contributed by atoms with Crippen LogP contribution in [0.15, 0.2) is 18.2 Å². The molecule has 0 amide bonds. The minimum absolute atomic E-state index is 0.0788. The summed E-state index contributed by atoms with van der Waals surface area (Å²) >= 11 is 0. The van der Waals surface area contributed by atoms with Crippen molar-refractivity contribution in [1.29, 1.82) is 0 Å². The van der Waals surface area contributed by atoms with Gasteiger partial charge in [0.1, 0.15) is 0 Å². The number of benzene rings is 1. The van der Waals surface area contributed by atoms with Crippen molar-refractivity contribution >= 4 is 21.8 Å². The molecule has 0 heterocycles. The summed E-state index contributed by atoms with van der Waals surface area (Å²) < 4.78 is 27.1. The number of hydrogen-bond donors (Lipinski definition) is 2. The van der Waals surface area contributed by atoms with Crippen molar-refractivity contribution in [3.63, 3.8) is 0 Å². The summed E-state index contributed by atoms with van der Waals surface area (Å²) in [5, 5.41) is 8.86. The van der Waals surface area contributed by atoms with Crippen LogP contribution in [0.4, 0.5) is 5.69 Å². The molecular formula is C17H28N2O5S. The number of carboxylic acid groups (broad SMARTS) is 1. The van der Waals surface area contributed by atoms with Crippen molar-refractivity contribution < 1.29 is 22.5 Å². The maximum absolute atomic E-state index is 11.1. The second-order valence-corrected chi connectivity index (χ2v) is 7.83. The third-order valence-electron chi connectivity index (χ3n) is 3.77. The Balaban J connectivity index is 2.88. The first-order chi connectivity index (χ1) is 11.6. The van der Waals surface area contributed by atoms with Gasteiger partial charge >= 0.3 is 5.97 Å². The summed E-state index contributed by atoms with van der Waals surface area (Å²) in [7, 11) is -3.46. The second-order valence-electron chi connectivity index (χ2n) is 6.19. The van der Waals surface area contributed by atoms with E-state index >= 15 is 0 Å². The molecular weight excluding hydrogens is 344 g/mol. The number of carboxylic acids is 1. The molecule has 0 radical (unpaired) electrons. The maximum Gasteiger partial charge on any atom is 0.304 e. The van der Waals surface area contributed by atoms with E-state index in [-0.39, 0.29) is 13.0 Å². The lowest BCUT2D eigenvalue weighted by Crippen LogP contribution is -2.29. The van der Waals surface area contributed by atoms with Crippen LogP contribution in [0.3, 0.4) is 0 Å². The Kier molecular flexibility index (Phi) is 8.34. The van der Waals surface area contributed by atoms with Crippen LogP contribution in [0.2, 0.25) is 0 Å². The molecule has 0 spiro atoms. The number of aryl methyl sites for hydroxylation is 1. The van der Waals surface area contributed by atoms with Crippen LogP contribution in [0, 0.1) is 6.92 Å². The molecule has 1 rings (SSSR count). The highest BCUT2D eigenvalue weighted by molar-refractivity contribution is 7.85.